The molecule has 0 unspecified atom stereocenters. The van der Waals surface area contributed by atoms with E-state index in [2.05, 4.69) is 41.4 Å². The quantitative estimate of drug-likeness (QED) is 0.201. The standard InChI is InChI=1S/C35H24F2N4/c36-29-17-18-30(32(37)22-29)34-31(25-16-19-33-38-20-21-40(33)23-25)24-41(39-34)35(26-10-4-1-5-11-26,27-12-6-2-7-13-27)28-14-8-3-9-15-28/h1-24H. The molecular weight excluding hydrogens is 514 g/mol. The molecule has 0 amide bonds. The van der Waals surface area contributed by atoms with Gasteiger partial charge in [0.2, 0.25) is 0 Å². The molecule has 0 aliphatic rings. The van der Waals surface area contributed by atoms with Crippen LogP contribution in [0.25, 0.3) is 28.0 Å². The van der Waals surface area contributed by atoms with E-state index in [1.54, 1.807) is 6.20 Å². The summed E-state index contributed by atoms with van der Waals surface area (Å²) in [6.07, 6.45) is 7.50. The Hall–Kier alpha value is -5.36. The molecule has 0 radical (unpaired) electrons. The Bertz CT molecular complexity index is 1870. The zero-order valence-electron chi connectivity index (χ0n) is 21.9. The Kier molecular flexibility index (Phi) is 6.01. The van der Waals surface area contributed by atoms with Crippen molar-refractivity contribution in [2.24, 2.45) is 0 Å². The van der Waals surface area contributed by atoms with Gasteiger partial charge in [0.25, 0.3) is 0 Å². The normalized spacial score (nSPS) is 11.7. The molecule has 3 heterocycles. The van der Waals surface area contributed by atoms with Crippen LogP contribution in [-0.4, -0.2) is 19.2 Å². The smallest absolute Gasteiger partial charge is 0.138 e. The van der Waals surface area contributed by atoms with Crippen LogP contribution < -0.4 is 0 Å². The molecule has 0 bridgehead atoms. The molecule has 7 rings (SSSR count). The molecule has 0 saturated carbocycles. The van der Waals surface area contributed by atoms with Gasteiger partial charge in [-0.1, -0.05) is 91.0 Å². The third-order valence-corrected chi connectivity index (χ3v) is 7.52. The second-order valence-electron chi connectivity index (χ2n) is 9.88. The monoisotopic (exact) mass is 538 g/mol. The largest absolute Gasteiger partial charge is 0.306 e. The first-order valence-electron chi connectivity index (χ1n) is 13.3. The Morgan fingerprint density at radius 3 is 1.80 bits per heavy atom. The Morgan fingerprint density at radius 2 is 1.22 bits per heavy atom. The van der Waals surface area contributed by atoms with Crippen LogP contribution in [0.5, 0.6) is 0 Å². The van der Waals surface area contributed by atoms with E-state index >= 15 is 4.39 Å². The summed E-state index contributed by atoms with van der Waals surface area (Å²) in [6.45, 7) is 0. The van der Waals surface area contributed by atoms with Crippen molar-refractivity contribution in [2.45, 2.75) is 5.54 Å². The molecule has 6 heteroatoms. The van der Waals surface area contributed by atoms with Gasteiger partial charge < -0.3 is 4.40 Å². The van der Waals surface area contributed by atoms with E-state index < -0.39 is 17.2 Å². The van der Waals surface area contributed by atoms with Crippen molar-refractivity contribution in [3.8, 4) is 22.4 Å². The predicted molar refractivity (Wildman–Crippen MR) is 156 cm³/mol. The first-order valence-corrected chi connectivity index (χ1v) is 13.3. The number of imidazole rings is 1. The van der Waals surface area contributed by atoms with E-state index in [0.717, 1.165) is 34.0 Å². The average molecular weight is 539 g/mol. The van der Waals surface area contributed by atoms with Gasteiger partial charge in [-0.2, -0.15) is 5.10 Å². The van der Waals surface area contributed by atoms with E-state index in [1.165, 1.54) is 12.1 Å². The fourth-order valence-electron chi connectivity index (χ4n) is 5.65. The van der Waals surface area contributed by atoms with E-state index in [4.69, 9.17) is 5.10 Å². The van der Waals surface area contributed by atoms with E-state index in [1.807, 2.05) is 94.4 Å². The number of hydrogen-bond donors (Lipinski definition) is 0. The summed E-state index contributed by atoms with van der Waals surface area (Å²) in [7, 11) is 0. The minimum Gasteiger partial charge on any atom is -0.306 e. The minimum absolute atomic E-state index is 0.217. The molecule has 0 atom stereocenters. The van der Waals surface area contributed by atoms with Crippen molar-refractivity contribution < 1.29 is 8.78 Å². The fraction of sp³-hybridized carbons (Fsp3) is 0.0286. The lowest BCUT2D eigenvalue weighted by molar-refractivity contribution is 0.461. The lowest BCUT2D eigenvalue weighted by atomic mass is 9.77. The highest BCUT2D eigenvalue weighted by molar-refractivity contribution is 5.81. The maximum atomic E-state index is 15.4. The number of nitrogens with zero attached hydrogens (tertiary/aromatic N) is 4. The highest BCUT2D eigenvalue weighted by atomic mass is 19.1. The lowest BCUT2D eigenvalue weighted by Gasteiger charge is -2.36. The molecule has 0 aliphatic heterocycles. The Balaban J connectivity index is 1.59. The van der Waals surface area contributed by atoms with Crippen LogP contribution in [0, 0.1) is 11.6 Å². The molecule has 0 N–H and O–H groups in total. The van der Waals surface area contributed by atoms with Gasteiger partial charge in [0.15, 0.2) is 0 Å². The second kappa shape index (κ2) is 9.99. The van der Waals surface area contributed by atoms with Crippen LogP contribution in [-0.2, 0) is 5.54 Å². The summed E-state index contributed by atoms with van der Waals surface area (Å²) < 4.78 is 33.2. The molecular formula is C35H24F2N4. The van der Waals surface area contributed by atoms with Gasteiger partial charge in [-0.25, -0.2) is 13.8 Å². The molecule has 7 aromatic rings. The van der Waals surface area contributed by atoms with Crippen molar-refractivity contribution in [1.82, 2.24) is 19.2 Å². The number of pyridine rings is 1. The lowest BCUT2D eigenvalue weighted by Crippen LogP contribution is -2.38. The van der Waals surface area contributed by atoms with Crippen molar-refractivity contribution in [1.29, 1.82) is 0 Å². The van der Waals surface area contributed by atoms with Crippen molar-refractivity contribution >= 4 is 5.65 Å². The maximum Gasteiger partial charge on any atom is 0.138 e. The van der Waals surface area contributed by atoms with Crippen LogP contribution in [0.1, 0.15) is 16.7 Å². The average Bonchev–Trinajstić information content (AvgIpc) is 3.67. The molecule has 41 heavy (non-hydrogen) atoms. The fourth-order valence-corrected chi connectivity index (χ4v) is 5.65. The Labute approximate surface area is 235 Å². The highest BCUT2D eigenvalue weighted by Gasteiger charge is 2.40. The van der Waals surface area contributed by atoms with Crippen molar-refractivity contribution in [2.75, 3.05) is 0 Å². The van der Waals surface area contributed by atoms with Gasteiger partial charge in [-0.3, -0.25) is 4.68 Å². The number of aromatic nitrogens is 4. The first kappa shape index (κ1) is 24.7. The van der Waals surface area contributed by atoms with Crippen LogP contribution >= 0.6 is 0 Å². The number of benzene rings is 4. The summed E-state index contributed by atoms with van der Waals surface area (Å²) in [5.74, 6) is -1.32. The van der Waals surface area contributed by atoms with Gasteiger partial charge in [0, 0.05) is 47.5 Å². The molecule has 4 nitrogen and oxygen atoms in total. The van der Waals surface area contributed by atoms with Gasteiger partial charge in [0.05, 0.1) is 0 Å². The number of halogens is 2. The van der Waals surface area contributed by atoms with Crippen LogP contribution in [0.4, 0.5) is 8.78 Å². The summed E-state index contributed by atoms with van der Waals surface area (Å²) >= 11 is 0. The molecule has 3 aromatic heterocycles. The number of rotatable bonds is 6. The molecule has 0 saturated heterocycles. The topological polar surface area (TPSA) is 35.1 Å². The van der Waals surface area contributed by atoms with Crippen LogP contribution in [0.2, 0.25) is 0 Å². The Morgan fingerprint density at radius 1 is 0.610 bits per heavy atom. The summed E-state index contributed by atoms with van der Waals surface area (Å²) in [6, 6.07) is 38.0. The second-order valence-corrected chi connectivity index (χ2v) is 9.88. The summed E-state index contributed by atoms with van der Waals surface area (Å²) in [4.78, 5) is 4.36. The van der Waals surface area contributed by atoms with E-state index in [-0.39, 0.29) is 5.56 Å². The highest BCUT2D eigenvalue weighted by Crippen LogP contribution is 2.43. The van der Waals surface area contributed by atoms with E-state index in [9.17, 15) is 4.39 Å². The zero-order valence-corrected chi connectivity index (χ0v) is 21.9. The maximum absolute atomic E-state index is 15.4. The van der Waals surface area contributed by atoms with Gasteiger partial charge in [-0.05, 0) is 41.0 Å². The predicted octanol–water partition coefficient (Wildman–Crippen LogP) is 7.98. The zero-order chi connectivity index (χ0) is 27.8. The van der Waals surface area contributed by atoms with Gasteiger partial charge in [-0.15, -0.1) is 0 Å². The molecule has 198 valence electrons. The number of fused-ring (bicyclic) bond motifs is 1. The van der Waals surface area contributed by atoms with Crippen LogP contribution in [0.3, 0.4) is 0 Å². The van der Waals surface area contributed by atoms with Crippen LogP contribution in [0.15, 0.2) is 146 Å². The molecule has 4 aromatic carbocycles. The first-order chi connectivity index (χ1) is 20.1. The van der Waals surface area contributed by atoms with Gasteiger partial charge in [0.1, 0.15) is 28.5 Å². The van der Waals surface area contributed by atoms with E-state index in [0.29, 0.717) is 11.3 Å². The summed E-state index contributed by atoms with van der Waals surface area (Å²) in [5, 5.41) is 5.15. The molecule has 0 fully saturated rings. The third kappa shape index (κ3) is 4.12. The van der Waals surface area contributed by atoms with Crippen molar-refractivity contribution in [3.05, 3.63) is 174 Å². The molecule has 0 spiro atoms. The SMILES string of the molecule is Fc1ccc(-c2nn(C(c3ccccc3)(c3ccccc3)c3ccccc3)cc2-c2ccc3nccn3c2)c(F)c1. The summed E-state index contributed by atoms with van der Waals surface area (Å²) in [5.41, 5.74) is 5.02. The van der Waals surface area contributed by atoms with Gasteiger partial charge >= 0.3 is 0 Å². The number of hydrogen-bond acceptors (Lipinski definition) is 2. The third-order valence-electron chi connectivity index (χ3n) is 7.52. The van der Waals surface area contributed by atoms with Crippen molar-refractivity contribution in [3.63, 3.8) is 0 Å². The minimum atomic E-state index is -0.896. The molecule has 0 aliphatic carbocycles.